The van der Waals surface area contributed by atoms with Crippen molar-refractivity contribution in [2.24, 2.45) is 0 Å². The zero-order chi connectivity index (χ0) is 13.8. The molecule has 0 saturated carbocycles. The molecule has 1 fully saturated rings. The Morgan fingerprint density at radius 2 is 2.37 bits per heavy atom. The van der Waals surface area contributed by atoms with Gasteiger partial charge < -0.3 is 15.1 Å². The molecule has 2 heterocycles. The minimum atomic E-state index is 0.524. The van der Waals surface area contributed by atoms with E-state index in [0.29, 0.717) is 12.1 Å². The normalized spacial score (nSPS) is 20.4. The van der Waals surface area contributed by atoms with Gasteiger partial charge in [0.2, 0.25) is 0 Å². The minimum Gasteiger partial charge on any atom is -0.350 e. The molecule has 1 unspecified atom stereocenters. The van der Waals surface area contributed by atoms with Crippen LogP contribution in [0, 0.1) is 0 Å². The number of nitrogens with one attached hydrogen (secondary N) is 1. The summed E-state index contributed by atoms with van der Waals surface area (Å²) in [5.41, 5.74) is 0. The molecule has 0 radical (unpaired) electrons. The van der Waals surface area contributed by atoms with Crippen molar-refractivity contribution in [2.75, 3.05) is 32.1 Å². The van der Waals surface area contributed by atoms with Gasteiger partial charge in [0.1, 0.15) is 0 Å². The molecular formula is C14H26N4S. The molecule has 1 atom stereocenters. The minimum absolute atomic E-state index is 0.524. The molecule has 0 bridgehead atoms. The third-order valence-corrected chi connectivity index (χ3v) is 4.82. The maximum absolute atomic E-state index is 4.55. The van der Waals surface area contributed by atoms with Crippen LogP contribution in [-0.4, -0.2) is 49.2 Å². The van der Waals surface area contributed by atoms with Gasteiger partial charge in [0, 0.05) is 43.3 Å². The fourth-order valence-corrected chi connectivity index (χ4v) is 3.30. The van der Waals surface area contributed by atoms with Gasteiger partial charge in [-0.1, -0.05) is 13.8 Å². The number of anilines is 1. The maximum Gasteiger partial charge on any atom is 0.185 e. The van der Waals surface area contributed by atoms with E-state index >= 15 is 0 Å². The highest BCUT2D eigenvalue weighted by Gasteiger charge is 2.22. The second-order valence-corrected chi connectivity index (χ2v) is 6.90. The Labute approximate surface area is 120 Å². The van der Waals surface area contributed by atoms with Crippen LogP contribution in [0.25, 0.3) is 0 Å². The molecule has 5 heteroatoms. The largest absolute Gasteiger partial charge is 0.350 e. The Hall–Kier alpha value is -0.650. The smallest absolute Gasteiger partial charge is 0.185 e. The zero-order valence-electron chi connectivity index (χ0n) is 12.5. The summed E-state index contributed by atoms with van der Waals surface area (Å²) in [5, 5.41) is 4.58. The lowest BCUT2D eigenvalue weighted by Crippen LogP contribution is -2.36. The van der Waals surface area contributed by atoms with Crippen molar-refractivity contribution in [2.45, 2.75) is 45.3 Å². The number of likely N-dealkylation sites (N-methyl/N-ethyl adjacent to an activating group) is 2. The maximum atomic E-state index is 4.55. The number of hydrogen-bond donors (Lipinski definition) is 1. The van der Waals surface area contributed by atoms with Crippen LogP contribution in [0.5, 0.6) is 0 Å². The molecule has 1 aliphatic rings. The predicted octanol–water partition coefficient (Wildman–Crippen LogP) is 2.17. The van der Waals surface area contributed by atoms with Crippen LogP contribution in [0.3, 0.4) is 0 Å². The molecule has 4 nitrogen and oxygen atoms in total. The number of nitrogens with zero attached hydrogens (tertiary/aromatic N) is 3. The first-order valence-electron chi connectivity index (χ1n) is 7.15. The highest BCUT2D eigenvalue weighted by atomic mass is 32.1. The van der Waals surface area contributed by atoms with Gasteiger partial charge in [0.25, 0.3) is 0 Å². The Balaban J connectivity index is 1.86. The molecule has 1 N–H and O–H groups in total. The fourth-order valence-electron chi connectivity index (χ4n) is 2.46. The lowest BCUT2D eigenvalue weighted by Gasteiger charge is -2.25. The van der Waals surface area contributed by atoms with Crippen molar-refractivity contribution in [3.63, 3.8) is 0 Å². The van der Waals surface area contributed by atoms with Gasteiger partial charge in [-0.25, -0.2) is 4.98 Å². The van der Waals surface area contributed by atoms with Crippen LogP contribution < -0.4 is 10.2 Å². The van der Waals surface area contributed by atoms with Crippen molar-refractivity contribution >= 4 is 16.5 Å². The number of aromatic nitrogens is 1. The topological polar surface area (TPSA) is 31.4 Å². The molecule has 1 aromatic rings. The molecule has 1 aromatic heterocycles. The average Bonchev–Trinajstić information content (AvgIpc) is 2.97. The van der Waals surface area contributed by atoms with E-state index in [0.717, 1.165) is 18.2 Å². The Bertz CT molecular complexity index is 391. The summed E-state index contributed by atoms with van der Waals surface area (Å²) in [5.74, 6) is 0. The summed E-state index contributed by atoms with van der Waals surface area (Å²) in [6.07, 6.45) is 4.65. The van der Waals surface area contributed by atoms with Gasteiger partial charge in [0.05, 0.1) is 0 Å². The van der Waals surface area contributed by atoms with E-state index in [1.54, 1.807) is 11.3 Å². The van der Waals surface area contributed by atoms with Gasteiger partial charge >= 0.3 is 0 Å². The lowest BCUT2D eigenvalue weighted by atomic mass is 10.2. The second-order valence-electron chi connectivity index (χ2n) is 5.80. The summed E-state index contributed by atoms with van der Waals surface area (Å²) in [6.45, 7) is 7.58. The standard InChI is InChI=1S/C14H26N4S/c1-11(2)15-8-13-9-16-14(19-13)18(4)10-12-6-5-7-17(12)3/h9,11-12,15H,5-8,10H2,1-4H3. The van der Waals surface area contributed by atoms with E-state index in [1.807, 2.05) is 6.20 Å². The van der Waals surface area contributed by atoms with Crippen molar-refractivity contribution < 1.29 is 0 Å². The molecule has 0 amide bonds. The Kier molecular flexibility index (Phi) is 5.19. The number of hydrogen-bond acceptors (Lipinski definition) is 5. The van der Waals surface area contributed by atoms with E-state index in [1.165, 1.54) is 24.3 Å². The highest BCUT2D eigenvalue weighted by molar-refractivity contribution is 7.15. The zero-order valence-corrected chi connectivity index (χ0v) is 13.3. The summed E-state index contributed by atoms with van der Waals surface area (Å²) < 4.78 is 0. The van der Waals surface area contributed by atoms with Crippen molar-refractivity contribution in [3.05, 3.63) is 11.1 Å². The summed E-state index contributed by atoms with van der Waals surface area (Å²) in [4.78, 5) is 10.6. The van der Waals surface area contributed by atoms with E-state index in [4.69, 9.17) is 0 Å². The van der Waals surface area contributed by atoms with Crippen LogP contribution in [0.15, 0.2) is 6.20 Å². The van der Waals surface area contributed by atoms with Gasteiger partial charge in [-0.05, 0) is 26.4 Å². The monoisotopic (exact) mass is 282 g/mol. The third-order valence-electron chi connectivity index (χ3n) is 3.71. The molecule has 1 saturated heterocycles. The fraction of sp³-hybridized carbons (Fsp3) is 0.786. The van der Waals surface area contributed by atoms with Gasteiger partial charge in [-0.2, -0.15) is 0 Å². The summed E-state index contributed by atoms with van der Waals surface area (Å²) in [6, 6.07) is 1.21. The third kappa shape index (κ3) is 4.16. The number of thiazole rings is 1. The van der Waals surface area contributed by atoms with Gasteiger partial charge in [0.15, 0.2) is 5.13 Å². The molecule has 0 aromatic carbocycles. The molecule has 1 aliphatic heterocycles. The van der Waals surface area contributed by atoms with Crippen LogP contribution in [0.4, 0.5) is 5.13 Å². The lowest BCUT2D eigenvalue weighted by molar-refractivity contribution is 0.314. The van der Waals surface area contributed by atoms with Crippen molar-refractivity contribution in [1.29, 1.82) is 0 Å². The first-order valence-corrected chi connectivity index (χ1v) is 7.97. The van der Waals surface area contributed by atoms with Crippen molar-refractivity contribution in [3.8, 4) is 0 Å². The van der Waals surface area contributed by atoms with Crippen LogP contribution in [-0.2, 0) is 6.54 Å². The van der Waals surface area contributed by atoms with Crippen LogP contribution in [0.2, 0.25) is 0 Å². The first-order chi connectivity index (χ1) is 9.06. The summed E-state index contributed by atoms with van der Waals surface area (Å²) >= 11 is 1.80. The molecule has 2 rings (SSSR count). The number of likely N-dealkylation sites (tertiary alicyclic amines) is 1. The Morgan fingerprint density at radius 3 is 3.00 bits per heavy atom. The second kappa shape index (κ2) is 6.68. The van der Waals surface area contributed by atoms with Crippen LogP contribution >= 0.6 is 11.3 Å². The summed E-state index contributed by atoms with van der Waals surface area (Å²) in [7, 11) is 4.38. The Morgan fingerprint density at radius 1 is 1.58 bits per heavy atom. The van der Waals surface area contributed by atoms with Crippen molar-refractivity contribution in [1.82, 2.24) is 15.2 Å². The van der Waals surface area contributed by atoms with E-state index in [2.05, 4.69) is 48.0 Å². The van der Waals surface area contributed by atoms with E-state index in [-0.39, 0.29) is 0 Å². The molecular weight excluding hydrogens is 256 g/mol. The van der Waals surface area contributed by atoms with Gasteiger partial charge in [-0.15, -0.1) is 11.3 Å². The average molecular weight is 282 g/mol. The molecule has 108 valence electrons. The van der Waals surface area contributed by atoms with Crippen LogP contribution in [0.1, 0.15) is 31.6 Å². The molecule has 19 heavy (non-hydrogen) atoms. The number of rotatable bonds is 6. The van der Waals surface area contributed by atoms with Gasteiger partial charge in [-0.3, -0.25) is 0 Å². The highest BCUT2D eigenvalue weighted by Crippen LogP contribution is 2.24. The quantitative estimate of drug-likeness (QED) is 0.866. The SMILES string of the molecule is CC(C)NCc1cnc(N(C)CC2CCCN2C)s1. The first kappa shape index (κ1) is 14.8. The molecule has 0 spiro atoms. The predicted molar refractivity (Wildman–Crippen MR) is 83.0 cm³/mol. The molecule has 0 aliphatic carbocycles. The van der Waals surface area contributed by atoms with E-state index in [9.17, 15) is 0 Å². The van der Waals surface area contributed by atoms with E-state index < -0.39 is 0 Å².